The highest BCUT2D eigenvalue weighted by molar-refractivity contribution is 7.91. The first kappa shape index (κ1) is 45.3. The van der Waals surface area contributed by atoms with Crippen LogP contribution >= 0.6 is 0 Å². The van der Waals surface area contributed by atoms with Crippen LogP contribution in [0.5, 0.6) is 0 Å². The lowest BCUT2D eigenvalue weighted by Gasteiger charge is -2.31. The Morgan fingerprint density at radius 1 is 1.00 bits per heavy atom. The summed E-state index contributed by atoms with van der Waals surface area (Å²) in [4.78, 5) is 82.7. The van der Waals surface area contributed by atoms with Crippen molar-refractivity contribution in [1.82, 2.24) is 29.5 Å². The molecule has 0 aromatic heterocycles. The highest BCUT2D eigenvalue weighted by Crippen LogP contribution is 2.46. The van der Waals surface area contributed by atoms with Crippen LogP contribution in [-0.2, 0) is 57.0 Å². The molecule has 5 atom stereocenters. The van der Waals surface area contributed by atoms with E-state index in [1.54, 1.807) is 26.8 Å². The average Bonchev–Trinajstić information content (AvgIpc) is 4.09. The minimum atomic E-state index is -4.67. The molecule has 3 fully saturated rings. The molecule has 3 aliphatic heterocycles. The van der Waals surface area contributed by atoms with Crippen molar-refractivity contribution >= 4 is 55.6 Å². The van der Waals surface area contributed by atoms with Gasteiger partial charge in [0.1, 0.15) is 35.1 Å². The first-order valence-corrected chi connectivity index (χ1v) is 23.4. The summed E-state index contributed by atoms with van der Waals surface area (Å²) in [6.45, 7) is 3.40. The number of para-hydroxylation sites is 1. The number of nitrogens with zero attached hydrogens (tertiary/aromatic N) is 4. The summed E-state index contributed by atoms with van der Waals surface area (Å²) in [6, 6.07) is 6.04. The van der Waals surface area contributed by atoms with Crippen molar-refractivity contribution in [3.05, 3.63) is 81.7 Å². The van der Waals surface area contributed by atoms with Crippen molar-refractivity contribution < 1.29 is 59.6 Å². The summed E-state index contributed by atoms with van der Waals surface area (Å²) >= 11 is 0. The molecule has 2 saturated carbocycles. The molecule has 5 aliphatic rings. The van der Waals surface area contributed by atoms with E-state index in [9.17, 15) is 55.3 Å². The second-order valence-electron chi connectivity index (χ2n) is 17.3. The molecule has 5 amide bonds. The molecule has 2 aliphatic carbocycles. The Morgan fingerprint density at radius 3 is 2.41 bits per heavy atom. The van der Waals surface area contributed by atoms with E-state index in [0.717, 1.165) is 21.3 Å². The van der Waals surface area contributed by atoms with E-state index in [0.29, 0.717) is 24.0 Å². The summed E-state index contributed by atoms with van der Waals surface area (Å²) in [7, 11) is -8.77. The van der Waals surface area contributed by atoms with Crippen LogP contribution in [0.4, 0.5) is 19.7 Å². The second kappa shape index (κ2) is 17.1. The van der Waals surface area contributed by atoms with E-state index in [1.165, 1.54) is 41.3 Å². The maximum Gasteiger partial charge on any atom is 0.410 e. The fourth-order valence-corrected chi connectivity index (χ4v) is 11.0. The number of halogens is 1. The van der Waals surface area contributed by atoms with Gasteiger partial charge in [0.15, 0.2) is 4.90 Å². The molecule has 340 valence electrons. The van der Waals surface area contributed by atoms with Gasteiger partial charge >= 0.3 is 12.2 Å². The molecule has 0 bridgehead atoms. The summed E-state index contributed by atoms with van der Waals surface area (Å²) in [5.74, 6) is -4.16. The summed E-state index contributed by atoms with van der Waals surface area (Å²) in [5.41, 5.74) is -2.72. The van der Waals surface area contributed by atoms with Gasteiger partial charge in [-0.1, -0.05) is 36.4 Å². The van der Waals surface area contributed by atoms with Crippen LogP contribution in [-0.4, -0.2) is 120 Å². The normalized spacial score (nSPS) is 26.2. The summed E-state index contributed by atoms with van der Waals surface area (Å²) in [6.07, 6.45) is -0.250. The summed E-state index contributed by atoms with van der Waals surface area (Å²) < 4.78 is 83.1. The number of alkyl carbamates (subject to hydrolysis) is 1. The number of benzene rings is 2. The van der Waals surface area contributed by atoms with E-state index >= 15 is 0 Å². The number of hydrogen-bond donors (Lipinski definition) is 3. The van der Waals surface area contributed by atoms with Gasteiger partial charge in [0.05, 0.1) is 23.3 Å². The van der Waals surface area contributed by atoms with Gasteiger partial charge < -0.3 is 25.0 Å². The Kier molecular flexibility index (Phi) is 12.3. The maximum absolute atomic E-state index is 14.8. The molecule has 1 saturated heterocycles. The van der Waals surface area contributed by atoms with Crippen LogP contribution < -0.4 is 15.4 Å². The van der Waals surface area contributed by atoms with Crippen molar-refractivity contribution in [3.63, 3.8) is 0 Å². The number of nitro groups is 1. The van der Waals surface area contributed by atoms with Crippen molar-refractivity contribution in [2.45, 2.75) is 112 Å². The first-order chi connectivity index (χ1) is 29.6. The highest BCUT2D eigenvalue weighted by Gasteiger charge is 2.62. The van der Waals surface area contributed by atoms with Gasteiger partial charge in [-0.2, -0.15) is 4.31 Å². The van der Waals surface area contributed by atoms with Crippen LogP contribution in [0.2, 0.25) is 0 Å². The first-order valence-electron chi connectivity index (χ1n) is 20.4. The predicted molar refractivity (Wildman–Crippen MR) is 218 cm³/mol. The quantitative estimate of drug-likeness (QED) is 0.196. The monoisotopic (exact) mass is 917 g/mol. The Bertz CT molecular complexity index is 2480. The number of amides is 5. The molecule has 0 radical (unpaired) electrons. The van der Waals surface area contributed by atoms with Crippen LogP contribution in [0, 0.1) is 21.8 Å². The van der Waals surface area contributed by atoms with E-state index < -0.39 is 131 Å². The van der Waals surface area contributed by atoms with Crippen molar-refractivity contribution in [2.24, 2.45) is 5.92 Å². The molecule has 0 spiro atoms. The van der Waals surface area contributed by atoms with E-state index in [1.807, 2.05) is 0 Å². The topological polar surface area (TPSA) is 261 Å². The smallest absolute Gasteiger partial charge is 0.410 e. The van der Waals surface area contributed by atoms with Crippen LogP contribution in [0.25, 0.3) is 0 Å². The number of hydrogen-bond acceptors (Lipinski definition) is 13. The second-order valence-corrected chi connectivity index (χ2v) is 21.1. The summed E-state index contributed by atoms with van der Waals surface area (Å²) in [5, 5.41) is 16.3. The van der Waals surface area contributed by atoms with Gasteiger partial charge in [0.25, 0.3) is 11.6 Å². The third-order valence-corrected chi connectivity index (χ3v) is 15.3. The number of carbonyl (C=O) groups is 5. The van der Waals surface area contributed by atoms with Gasteiger partial charge in [-0.05, 0) is 70.6 Å². The third-order valence-electron chi connectivity index (χ3n) is 11.5. The molecule has 23 heteroatoms. The Hall–Kier alpha value is -5.68. The molecule has 3 N–H and O–H groups in total. The van der Waals surface area contributed by atoms with E-state index in [-0.39, 0.29) is 38.9 Å². The van der Waals surface area contributed by atoms with E-state index in [4.69, 9.17) is 9.47 Å². The molecule has 2 aromatic carbocycles. The van der Waals surface area contributed by atoms with Crippen LogP contribution in [0.15, 0.2) is 59.5 Å². The Morgan fingerprint density at radius 2 is 1.73 bits per heavy atom. The lowest BCUT2D eigenvalue weighted by molar-refractivity contribution is -0.387. The third kappa shape index (κ3) is 9.78. The van der Waals surface area contributed by atoms with Gasteiger partial charge in [0, 0.05) is 43.6 Å². The molecular formula is C40H48FN7O13S2. The number of nitro benzene ring substituents is 1. The standard InChI is InChI=1S/C40H48FN7O13S2/c1-39(2,3)61-37(52)42-30-16-18-46(63(58,59)33-13-5-4-12-31(33)48(54)55)17-7-6-10-25-20-40(25,36(51)44-62(56,57)27-14-15-27)43-34(49)32-19-26(22-47(32)35(30)50)60-38(53)45-21-24-9-8-11-29(41)28(24)23-45/h4-6,8-13,25-27,30,32H,7,14-23H2,1-3H3,(H,42,52)(H,43,49)(H,44,51)/b10-6-/t25-,26?,30-,32-,40+/m0/s1. The van der Waals surface area contributed by atoms with Crippen molar-refractivity contribution in [2.75, 3.05) is 19.6 Å². The minimum Gasteiger partial charge on any atom is -0.444 e. The number of ether oxygens (including phenoxy) is 2. The maximum atomic E-state index is 14.8. The predicted octanol–water partition coefficient (Wildman–Crippen LogP) is 2.57. The molecule has 2 aromatic rings. The number of nitrogens with one attached hydrogen (secondary N) is 3. The largest absolute Gasteiger partial charge is 0.444 e. The Balaban J connectivity index is 1.24. The molecule has 1 unspecified atom stereocenters. The molecule has 3 heterocycles. The van der Waals surface area contributed by atoms with Crippen LogP contribution in [0.1, 0.15) is 70.4 Å². The van der Waals surface area contributed by atoms with Gasteiger partial charge in [-0.3, -0.25) is 34.1 Å². The minimum absolute atomic E-state index is 0.0228. The lowest BCUT2D eigenvalue weighted by atomic mass is 10.1. The van der Waals surface area contributed by atoms with Gasteiger partial charge in [-0.25, -0.2) is 30.8 Å². The SMILES string of the molecule is CC(C)(C)OC(=O)N[C@H]1CCN(S(=O)(=O)c2ccccc2[N+](=O)[O-])CC/C=C\[C@H]2C[C@@]2(C(=O)NS(=O)(=O)C2CC2)NC(=O)[C@@H]2CC(OC(=O)N3Cc4cccc(F)c4C3)CN2C1=O. The molecule has 63 heavy (non-hydrogen) atoms. The highest BCUT2D eigenvalue weighted by atomic mass is 32.2. The number of rotatable bonds is 8. The zero-order valence-electron chi connectivity index (χ0n) is 34.7. The van der Waals surface area contributed by atoms with Crippen molar-refractivity contribution in [1.29, 1.82) is 0 Å². The number of fused-ring (bicyclic) bond motifs is 3. The zero-order valence-corrected chi connectivity index (χ0v) is 36.3. The Labute approximate surface area is 362 Å². The fourth-order valence-electron chi connectivity index (χ4n) is 8.05. The van der Waals surface area contributed by atoms with Crippen molar-refractivity contribution in [3.8, 4) is 0 Å². The zero-order chi connectivity index (χ0) is 45.6. The van der Waals surface area contributed by atoms with Gasteiger partial charge in [0.2, 0.25) is 31.9 Å². The van der Waals surface area contributed by atoms with Gasteiger partial charge in [-0.15, -0.1) is 0 Å². The van der Waals surface area contributed by atoms with Crippen LogP contribution in [0.3, 0.4) is 0 Å². The average molecular weight is 918 g/mol. The fraction of sp³-hybridized carbons (Fsp3) is 0.525. The number of sulfonamides is 2. The molecular weight excluding hydrogens is 870 g/mol. The number of carbonyl (C=O) groups excluding carboxylic acids is 5. The lowest BCUT2D eigenvalue weighted by Crippen LogP contribution is -2.58. The van der Waals surface area contributed by atoms with E-state index in [2.05, 4.69) is 15.4 Å². The molecule has 7 rings (SSSR count). The molecule has 20 nitrogen and oxygen atoms in total.